The van der Waals surface area contributed by atoms with E-state index in [4.69, 9.17) is 5.26 Å². The number of para-hydroxylation sites is 1. The summed E-state index contributed by atoms with van der Waals surface area (Å²) in [6.07, 6.45) is 4.26. The van der Waals surface area contributed by atoms with Crippen LogP contribution in [0.3, 0.4) is 0 Å². The van der Waals surface area contributed by atoms with Crippen molar-refractivity contribution in [2.24, 2.45) is 0 Å². The van der Waals surface area contributed by atoms with Gasteiger partial charge in [-0.25, -0.2) is 0 Å². The average Bonchev–Trinajstić information content (AvgIpc) is 2.84. The molecule has 2 amide bonds. The van der Waals surface area contributed by atoms with Gasteiger partial charge in [-0.1, -0.05) is 48.9 Å². The quantitative estimate of drug-likeness (QED) is 0.587. The molecule has 6 heteroatoms. The highest BCUT2D eigenvalue weighted by molar-refractivity contribution is 5.95. The molecular formula is C27H34N4O2. The SMILES string of the molecule is CC1CCCCN1Cc1ccccc1CNC(=O)CCC(=O)N(CCC#N)c1ccccc1. The summed E-state index contributed by atoms with van der Waals surface area (Å²) in [7, 11) is 0. The first-order valence-electron chi connectivity index (χ1n) is 11.9. The molecule has 1 unspecified atom stereocenters. The number of nitrogens with zero attached hydrogens (tertiary/aromatic N) is 3. The van der Waals surface area contributed by atoms with Gasteiger partial charge in [-0.05, 0) is 49.6 Å². The molecule has 174 valence electrons. The molecule has 3 rings (SSSR count). The maximum atomic E-state index is 12.8. The van der Waals surface area contributed by atoms with Gasteiger partial charge in [0.15, 0.2) is 0 Å². The van der Waals surface area contributed by atoms with Crippen molar-refractivity contribution >= 4 is 17.5 Å². The van der Waals surface area contributed by atoms with Crippen LogP contribution in [-0.4, -0.2) is 35.8 Å². The number of nitriles is 1. The molecule has 1 fully saturated rings. The first-order valence-corrected chi connectivity index (χ1v) is 11.9. The lowest BCUT2D eigenvalue weighted by Gasteiger charge is -2.33. The minimum Gasteiger partial charge on any atom is -0.352 e. The molecule has 0 radical (unpaired) electrons. The predicted octanol–water partition coefficient (Wildman–Crippen LogP) is 4.40. The summed E-state index contributed by atoms with van der Waals surface area (Å²) in [5.74, 6) is -0.288. The molecule has 0 saturated carbocycles. The van der Waals surface area contributed by atoms with Crippen molar-refractivity contribution in [1.82, 2.24) is 10.2 Å². The van der Waals surface area contributed by atoms with Crippen LogP contribution in [0.1, 0.15) is 56.6 Å². The van der Waals surface area contributed by atoms with Gasteiger partial charge in [-0.15, -0.1) is 0 Å². The second-order valence-corrected chi connectivity index (χ2v) is 8.65. The van der Waals surface area contributed by atoms with Crippen molar-refractivity contribution < 1.29 is 9.59 Å². The van der Waals surface area contributed by atoms with Crippen LogP contribution in [0.5, 0.6) is 0 Å². The van der Waals surface area contributed by atoms with E-state index >= 15 is 0 Å². The first kappa shape index (κ1) is 24.5. The standard InChI is InChI=1S/C27H34N4O2/c1-22-10-7-8-18-30(22)21-24-12-6-5-11-23(24)20-29-26(32)15-16-27(33)31(19-9-17-28)25-13-3-2-4-14-25/h2-6,11-14,22H,7-10,15-16,18-21H2,1H3,(H,29,32). The summed E-state index contributed by atoms with van der Waals surface area (Å²) < 4.78 is 0. The summed E-state index contributed by atoms with van der Waals surface area (Å²) >= 11 is 0. The number of hydrogen-bond acceptors (Lipinski definition) is 4. The third-order valence-electron chi connectivity index (χ3n) is 6.29. The molecule has 2 aromatic rings. The van der Waals surface area contributed by atoms with Crippen molar-refractivity contribution in [3.8, 4) is 6.07 Å². The zero-order valence-electron chi connectivity index (χ0n) is 19.5. The number of hydrogen-bond donors (Lipinski definition) is 1. The summed E-state index contributed by atoms with van der Waals surface area (Å²) in [5, 5.41) is 11.9. The number of anilines is 1. The molecular weight excluding hydrogens is 412 g/mol. The molecule has 1 aliphatic heterocycles. The van der Waals surface area contributed by atoms with Gasteiger partial charge in [0.05, 0.1) is 12.5 Å². The number of amides is 2. The fourth-order valence-electron chi connectivity index (χ4n) is 4.30. The van der Waals surface area contributed by atoms with E-state index in [1.54, 1.807) is 4.90 Å². The Morgan fingerprint density at radius 3 is 2.52 bits per heavy atom. The highest BCUT2D eigenvalue weighted by atomic mass is 16.2. The second kappa shape index (κ2) is 12.8. The van der Waals surface area contributed by atoms with Gasteiger partial charge in [0, 0.05) is 44.2 Å². The van der Waals surface area contributed by atoms with Crippen LogP contribution < -0.4 is 10.2 Å². The predicted molar refractivity (Wildman–Crippen MR) is 130 cm³/mol. The summed E-state index contributed by atoms with van der Waals surface area (Å²) in [6, 6.07) is 20.2. The van der Waals surface area contributed by atoms with E-state index in [0.717, 1.165) is 24.3 Å². The molecule has 6 nitrogen and oxygen atoms in total. The first-order chi connectivity index (χ1) is 16.1. The van der Waals surface area contributed by atoms with Gasteiger partial charge in [0.25, 0.3) is 0 Å². The Bertz CT molecular complexity index is 954. The van der Waals surface area contributed by atoms with E-state index in [1.807, 2.05) is 42.5 Å². The van der Waals surface area contributed by atoms with Crippen LogP contribution >= 0.6 is 0 Å². The number of rotatable bonds is 10. The van der Waals surface area contributed by atoms with Crippen molar-refractivity contribution in [2.75, 3.05) is 18.0 Å². The van der Waals surface area contributed by atoms with E-state index in [9.17, 15) is 9.59 Å². The average molecular weight is 447 g/mol. The Morgan fingerprint density at radius 2 is 1.79 bits per heavy atom. The number of likely N-dealkylation sites (tertiary alicyclic amines) is 1. The third kappa shape index (κ3) is 7.44. The minimum atomic E-state index is -0.147. The van der Waals surface area contributed by atoms with E-state index in [-0.39, 0.29) is 31.1 Å². The summed E-state index contributed by atoms with van der Waals surface area (Å²) in [4.78, 5) is 29.4. The lowest BCUT2D eigenvalue weighted by Crippen LogP contribution is -2.37. The third-order valence-corrected chi connectivity index (χ3v) is 6.29. The number of carbonyl (C=O) groups excluding carboxylic acids is 2. The fourth-order valence-corrected chi connectivity index (χ4v) is 4.30. The number of piperidine rings is 1. The lowest BCUT2D eigenvalue weighted by atomic mass is 10.0. The minimum absolute atomic E-state index is 0.110. The molecule has 2 aromatic carbocycles. The van der Waals surface area contributed by atoms with Crippen LogP contribution in [-0.2, 0) is 22.7 Å². The van der Waals surface area contributed by atoms with Crippen molar-refractivity contribution in [3.05, 3.63) is 65.7 Å². The van der Waals surface area contributed by atoms with Crippen LogP contribution in [0.4, 0.5) is 5.69 Å². The molecule has 33 heavy (non-hydrogen) atoms. The smallest absolute Gasteiger partial charge is 0.227 e. The molecule has 1 aliphatic rings. The maximum absolute atomic E-state index is 12.8. The Labute approximate surface area is 197 Å². The molecule has 1 N–H and O–H groups in total. The van der Waals surface area contributed by atoms with E-state index in [2.05, 4.69) is 35.3 Å². The highest BCUT2D eigenvalue weighted by Crippen LogP contribution is 2.21. The Hall–Kier alpha value is -3.17. The van der Waals surface area contributed by atoms with Crippen molar-refractivity contribution in [2.45, 2.75) is 64.6 Å². The van der Waals surface area contributed by atoms with Crippen LogP contribution in [0.15, 0.2) is 54.6 Å². The monoisotopic (exact) mass is 446 g/mol. The Morgan fingerprint density at radius 1 is 1.06 bits per heavy atom. The molecule has 0 bridgehead atoms. The molecule has 1 atom stereocenters. The van der Waals surface area contributed by atoms with Crippen LogP contribution in [0.25, 0.3) is 0 Å². The molecule has 0 spiro atoms. The Kier molecular flexibility index (Phi) is 9.46. The zero-order chi connectivity index (χ0) is 23.5. The van der Waals surface area contributed by atoms with E-state index in [1.165, 1.54) is 24.8 Å². The summed E-state index contributed by atoms with van der Waals surface area (Å²) in [6.45, 7) is 5.09. The molecule has 0 aliphatic carbocycles. The van der Waals surface area contributed by atoms with Gasteiger partial charge >= 0.3 is 0 Å². The largest absolute Gasteiger partial charge is 0.352 e. The van der Waals surface area contributed by atoms with Crippen LogP contribution in [0, 0.1) is 11.3 Å². The highest BCUT2D eigenvalue weighted by Gasteiger charge is 2.20. The van der Waals surface area contributed by atoms with Gasteiger partial charge in [0.2, 0.25) is 11.8 Å². The van der Waals surface area contributed by atoms with Gasteiger partial charge in [0.1, 0.15) is 0 Å². The maximum Gasteiger partial charge on any atom is 0.227 e. The van der Waals surface area contributed by atoms with E-state index in [0.29, 0.717) is 19.1 Å². The van der Waals surface area contributed by atoms with Gasteiger partial charge < -0.3 is 10.2 Å². The molecule has 1 heterocycles. The van der Waals surface area contributed by atoms with Crippen molar-refractivity contribution in [3.63, 3.8) is 0 Å². The topological polar surface area (TPSA) is 76.4 Å². The zero-order valence-corrected chi connectivity index (χ0v) is 19.5. The number of benzene rings is 2. The van der Waals surface area contributed by atoms with E-state index < -0.39 is 0 Å². The van der Waals surface area contributed by atoms with Gasteiger partial charge in [-0.2, -0.15) is 5.26 Å². The fraction of sp³-hybridized carbons (Fsp3) is 0.444. The molecule has 0 aromatic heterocycles. The summed E-state index contributed by atoms with van der Waals surface area (Å²) in [5.41, 5.74) is 3.11. The van der Waals surface area contributed by atoms with Crippen molar-refractivity contribution in [1.29, 1.82) is 5.26 Å². The molecule has 1 saturated heterocycles. The van der Waals surface area contributed by atoms with Gasteiger partial charge in [-0.3, -0.25) is 14.5 Å². The number of nitrogens with one attached hydrogen (secondary N) is 1. The number of carbonyl (C=O) groups is 2. The normalized spacial score (nSPS) is 16.1. The van der Waals surface area contributed by atoms with Crippen LogP contribution in [0.2, 0.25) is 0 Å². The Balaban J connectivity index is 1.52. The second-order valence-electron chi connectivity index (χ2n) is 8.65. The lowest BCUT2D eigenvalue weighted by molar-refractivity contribution is -0.125.